The van der Waals surface area contributed by atoms with Gasteiger partial charge in [-0.2, -0.15) is 0 Å². The third-order valence-electron chi connectivity index (χ3n) is 5.46. The fraction of sp³-hybridized carbons (Fsp3) is 0.227. The van der Waals surface area contributed by atoms with E-state index in [0.717, 1.165) is 32.3 Å². The molecule has 1 atom stereocenters. The highest BCUT2D eigenvalue weighted by Gasteiger charge is 2.49. The number of ketones is 1. The van der Waals surface area contributed by atoms with Gasteiger partial charge in [0.05, 0.1) is 6.54 Å². The molecule has 1 aliphatic heterocycles. The van der Waals surface area contributed by atoms with Crippen molar-refractivity contribution in [3.05, 3.63) is 69.8 Å². The fourth-order valence-corrected chi connectivity index (χ4v) is 4.21. The minimum Gasteiger partial charge on any atom is -0.360 e. The number of carbonyl (C=O) groups is 3. The summed E-state index contributed by atoms with van der Waals surface area (Å²) in [6.45, 7) is 3.39. The van der Waals surface area contributed by atoms with Crippen LogP contribution in [0.2, 0.25) is 0 Å². The number of H-pyrrole nitrogens is 1. The number of carbonyl (C=O) groups excluding carboxylic acids is 3. The first-order valence-electron chi connectivity index (χ1n) is 9.37. The number of amides is 3. The van der Waals surface area contributed by atoms with E-state index in [1.165, 1.54) is 0 Å². The Labute approximate surface area is 176 Å². The number of hydrogen-bond acceptors (Lipinski definition) is 3. The predicted octanol–water partition coefficient (Wildman–Crippen LogP) is 4.14. The van der Waals surface area contributed by atoms with Crippen LogP contribution in [-0.4, -0.2) is 34.2 Å². The lowest BCUT2D eigenvalue weighted by Crippen LogP contribution is -2.41. The highest BCUT2D eigenvalue weighted by Crippen LogP contribution is 2.31. The molecule has 3 amide bonds. The van der Waals surface area contributed by atoms with Gasteiger partial charge in [-0.25, -0.2) is 4.79 Å². The Hall–Kier alpha value is -2.93. The molecule has 6 nitrogen and oxygen atoms in total. The minimum absolute atomic E-state index is 0.286. The SMILES string of the molecule is CCc1cccc2c(C(=O)CN3C(=O)NC(C)(c4cccc(Br)c4)C3=O)c[nH]c12. The van der Waals surface area contributed by atoms with E-state index in [9.17, 15) is 14.4 Å². The number of halogens is 1. The molecule has 1 unspecified atom stereocenters. The normalized spacial score (nSPS) is 19.1. The van der Waals surface area contributed by atoms with Crippen molar-refractivity contribution >= 4 is 44.6 Å². The van der Waals surface area contributed by atoms with E-state index in [4.69, 9.17) is 0 Å². The molecule has 0 saturated carbocycles. The van der Waals surface area contributed by atoms with E-state index < -0.39 is 17.5 Å². The number of rotatable bonds is 5. The molecule has 0 radical (unpaired) electrons. The van der Waals surface area contributed by atoms with Crippen LogP contribution in [0.25, 0.3) is 10.9 Å². The van der Waals surface area contributed by atoms with Gasteiger partial charge < -0.3 is 10.3 Å². The Morgan fingerprint density at radius 1 is 1.17 bits per heavy atom. The second-order valence-electron chi connectivity index (χ2n) is 7.28. The van der Waals surface area contributed by atoms with E-state index in [0.29, 0.717) is 11.1 Å². The molecule has 29 heavy (non-hydrogen) atoms. The average Bonchev–Trinajstić information content (AvgIpc) is 3.23. The summed E-state index contributed by atoms with van der Waals surface area (Å²) < 4.78 is 0.804. The quantitative estimate of drug-likeness (QED) is 0.449. The standard InChI is InChI=1S/C22H20BrN3O3/c1-3-13-6-4-9-16-17(11-24-19(13)16)18(27)12-26-20(28)22(2,25-21(26)29)14-7-5-8-15(23)10-14/h4-11,24H,3,12H2,1-2H3,(H,25,29). The Morgan fingerprint density at radius 3 is 2.66 bits per heavy atom. The van der Waals surface area contributed by atoms with Crippen LogP contribution in [0.5, 0.6) is 0 Å². The summed E-state index contributed by atoms with van der Waals surface area (Å²) >= 11 is 3.39. The van der Waals surface area contributed by atoms with Crippen molar-refractivity contribution < 1.29 is 14.4 Å². The molecular formula is C22H20BrN3O3. The van der Waals surface area contributed by atoms with Crippen LogP contribution in [0.15, 0.2) is 53.1 Å². The van der Waals surface area contributed by atoms with Crippen molar-refractivity contribution in [2.24, 2.45) is 0 Å². The molecule has 2 N–H and O–H groups in total. The van der Waals surface area contributed by atoms with Gasteiger partial charge in [-0.1, -0.05) is 53.2 Å². The lowest BCUT2D eigenvalue weighted by Gasteiger charge is -2.22. The van der Waals surface area contributed by atoms with Crippen molar-refractivity contribution in [1.29, 1.82) is 0 Å². The summed E-state index contributed by atoms with van der Waals surface area (Å²) in [6.07, 6.45) is 2.49. The molecule has 0 aliphatic carbocycles. The van der Waals surface area contributed by atoms with E-state index in [2.05, 4.69) is 26.2 Å². The van der Waals surface area contributed by atoms with Crippen LogP contribution in [0.3, 0.4) is 0 Å². The van der Waals surface area contributed by atoms with Crippen LogP contribution < -0.4 is 5.32 Å². The molecule has 3 aromatic rings. The third kappa shape index (κ3) is 3.15. The number of benzene rings is 2. The summed E-state index contributed by atoms with van der Waals surface area (Å²) in [6, 6.07) is 12.4. The van der Waals surface area contributed by atoms with Gasteiger partial charge in [0, 0.05) is 27.1 Å². The molecule has 148 valence electrons. The molecule has 1 fully saturated rings. The molecule has 1 saturated heterocycles. The predicted molar refractivity (Wildman–Crippen MR) is 114 cm³/mol. The number of fused-ring (bicyclic) bond motifs is 1. The summed E-state index contributed by atoms with van der Waals surface area (Å²) in [5, 5.41) is 3.54. The first-order valence-corrected chi connectivity index (χ1v) is 10.2. The molecule has 0 spiro atoms. The van der Waals surface area contributed by atoms with E-state index in [1.807, 2.05) is 31.2 Å². The van der Waals surface area contributed by atoms with Gasteiger partial charge in [-0.05, 0) is 36.6 Å². The maximum Gasteiger partial charge on any atom is 0.325 e. The van der Waals surface area contributed by atoms with Gasteiger partial charge in [0.1, 0.15) is 5.54 Å². The number of hydrogen-bond donors (Lipinski definition) is 2. The van der Waals surface area contributed by atoms with E-state index >= 15 is 0 Å². The fourth-order valence-electron chi connectivity index (χ4n) is 3.81. The van der Waals surface area contributed by atoms with E-state index in [-0.39, 0.29) is 12.3 Å². The van der Waals surface area contributed by atoms with Crippen LogP contribution in [0, 0.1) is 0 Å². The lowest BCUT2D eigenvalue weighted by molar-refractivity contribution is -0.130. The Morgan fingerprint density at radius 2 is 1.93 bits per heavy atom. The van der Waals surface area contributed by atoms with Crippen molar-refractivity contribution in [1.82, 2.24) is 15.2 Å². The highest BCUT2D eigenvalue weighted by molar-refractivity contribution is 9.10. The maximum absolute atomic E-state index is 13.1. The molecule has 1 aliphatic rings. The number of para-hydroxylation sites is 1. The van der Waals surface area contributed by atoms with Crippen molar-refractivity contribution in [2.75, 3.05) is 6.54 Å². The molecule has 2 aromatic carbocycles. The minimum atomic E-state index is -1.21. The van der Waals surface area contributed by atoms with Crippen LogP contribution >= 0.6 is 15.9 Å². The van der Waals surface area contributed by atoms with Gasteiger partial charge in [-0.3, -0.25) is 14.5 Å². The smallest absolute Gasteiger partial charge is 0.325 e. The van der Waals surface area contributed by atoms with Crippen LogP contribution in [0.1, 0.15) is 35.3 Å². The zero-order valence-electron chi connectivity index (χ0n) is 16.1. The van der Waals surface area contributed by atoms with Crippen LogP contribution in [0.4, 0.5) is 4.79 Å². The number of aromatic nitrogens is 1. The zero-order valence-corrected chi connectivity index (χ0v) is 17.7. The lowest BCUT2D eigenvalue weighted by atomic mass is 9.92. The second kappa shape index (κ2) is 7.15. The molecule has 4 rings (SSSR count). The topological polar surface area (TPSA) is 82.3 Å². The molecule has 2 heterocycles. The first-order chi connectivity index (χ1) is 13.8. The molecule has 0 bridgehead atoms. The summed E-state index contributed by atoms with van der Waals surface area (Å²) in [5.74, 6) is -0.727. The maximum atomic E-state index is 13.1. The average molecular weight is 454 g/mol. The molecule has 1 aromatic heterocycles. The first kappa shape index (κ1) is 19.4. The second-order valence-corrected chi connectivity index (χ2v) is 8.19. The Bertz CT molecular complexity index is 1150. The molecular weight excluding hydrogens is 434 g/mol. The number of aromatic amines is 1. The highest BCUT2D eigenvalue weighted by atomic mass is 79.9. The number of nitrogens with one attached hydrogen (secondary N) is 2. The van der Waals surface area contributed by atoms with Crippen molar-refractivity contribution in [2.45, 2.75) is 25.8 Å². The number of urea groups is 1. The largest absolute Gasteiger partial charge is 0.360 e. The van der Waals surface area contributed by atoms with Crippen molar-refractivity contribution in [3.63, 3.8) is 0 Å². The summed E-state index contributed by atoms with van der Waals surface area (Å²) in [4.78, 5) is 42.7. The number of Topliss-reactive ketones (excluding diaryl/α,β-unsaturated/α-hetero) is 1. The van der Waals surface area contributed by atoms with Gasteiger partial charge in [-0.15, -0.1) is 0 Å². The van der Waals surface area contributed by atoms with Gasteiger partial charge >= 0.3 is 6.03 Å². The van der Waals surface area contributed by atoms with E-state index in [1.54, 1.807) is 31.3 Å². The number of imide groups is 1. The number of nitrogens with zero attached hydrogens (tertiary/aromatic N) is 1. The summed E-state index contributed by atoms with van der Waals surface area (Å²) in [5.41, 5.74) is 1.94. The zero-order chi connectivity index (χ0) is 20.8. The third-order valence-corrected chi connectivity index (χ3v) is 5.95. The van der Waals surface area contributed by atoms with Gasteiger partial charge in [0.25, 0.3) is 5.91 Å². The summed E-state index contributed by atoms with van der Waals surface area (Å²) in [7, 11) is 0. The monoisotopic (exact) mass is 453 g/mol. The Balaban J connectivity index is 1.62. The molecule has 7 heteroatoms. The Kier molecular flexibility index (Phi) is 4.78. The van der Waals surface area contributed by atoms with Gasteiger partial charge in [0.2, 0.25) is 0 Å². The van der Waals surface area contributed by atoms with Crippen molar-refractivity contribution in [3.8, 4) is 0 Å². The number of aryl methyl sites for hydroxylation is 1. The van der Waals surface area contributed by atoms with Gasteiger partial charge in [0.15, 0.2) is 5.78 Å². The van der Waals surface area contributed by atoms with Crippen LogP contribution in [-0.2, 0) is 16.8 Å².